The molecule has 0 saturated heterocycles. The Kier molecular flexibility index (Phi) is 2.99. The van der Waals surface area contributed by atoms with E-state index >= 15 is 0 Å². The van der Waals surface area contributed by atoms with Crippen molar-refractivity contribution in [3.05, 3.63) is 83.9 Å². The predicted molar refractivity (Wildman–Crippen MR) is 84.2 cm³/mol. The molecule has 21 heavy (non-hydrogen) atoms. The van der Waals surface area contributed by atoms with Crippen molar-refractivity contribution >= 4 is 5.78 Å². The fourth-order valence-electron chi connectivity index (χ4n) is 4.10. The molecule has 2 aromatic rings. The van der Waals surface area contributed by atoms with Crippen LogP contribution >= 0.6 is 0 Å². The maximum absolute atomic E-state index is 13.0. The minimum atomic E-state index is 0.102. The van der Waals surface area contributed by atoms with Crippen molar-refractivity contribution in [3.63, 3.8) is 0 Å². The van der Waals surface area contributed by atoms with Crippen LogP contribution in [0.5, 0.6) is 0 Å². The van der Waals surface area contributed by atoms with Gasteiger partial charge in [-0.2, -0.15) is 0 Å². The van der Waals surface area contributed by atoms with Crippen LogP contribution in [0.3, 0.4) is 0 Å². The molecular formula is C20H18O. The molecule has 2 aliphatic rings. The van der Waals surface area contributed by atoms with Gasteiger partial charge >= 0.3 is 0 Å². The summed E-state index contributed by atoms with van der Waals surface area (Å²) in [5, 5.41) is 0. The number of hydrogen-bond donors (Lipinski definition) is 0. The van der Waals surface area contributed by atoms with Crippen LogP contribution in [0.25, 0.3) is 0 Å². The molecule has 0 aliphatic heterocycles. The average Bonchev–Trinajstić information content (AvgIpc) is 3.17. The highest BCUT2D eigenvalue weighted by Gasteiger charge is 2.48. The van der Waals surface area contributed by atoms with E-state index in [4.69, 9.17) is 0 Å². The molecule has 0 unspecified atom stereocenters. The van der Waals surface area contributed by atoms with E-state index in [2.05, 4.69) is 36.4 Å². The zero-order valence-corrected chi connectivity index (χ0v) is 11.9. The lowest BCUT2D eigenvalue weighted by atomic mass is 9.75. The lowest BCUT2D eigenvalue weighted by Crippen LogP contribution is -2.26. The van der Waals surface area contributed by atoms with Crippen molar-refractivity contribution in [1.29, 1.82) is 0 Å². The van der Waals surface area contributed by atoms with Crippen molar-refractivity contribution in [2.24, 2.45) is 17.8 Å². The van der Waals surface area contributed by atoms with E-state index in [1.807, 2.05) is 36.4 Å². The van der Waals surface area contributed by atoms with E-state index in [1.54, 1.807) is 0 Å². The third-order valence-electron chi connectivity index (χ3n) is 5.00. The van der Waals surface area contributed by atoms with Crippen molar-refractivity contribution in [2.75, 3.05) is 0 Å². The molecule has 4 rings (SSSR count). The van der Waals surface area contributed by atoms with E-state index in [-0.39, 0.29) is 5.92 Å². The van der Waals surface area contributed by atoms with Gasteiger partial charge in [0, 0.05) is 17.4 Å². The molecule has 104 valence electrons. The van der Waals surface area contributed by atoms with Gasteiger partial charge in [-0.3, -0.25) is 4.79 Å². The lowest BCUT2D eigenvalue weighted by molar-refractivity contribution is 0.0887. The van der Waals surface area contributed by atoms with Gasteiger partial charge in [-0.1, -0.05) is 72.8 Å². The maximum Gasteiger partial charge on any atom is 0.167 e. The van der Waals surface area contributed by atoms with Gasteiger partial charge in [0.05, 0.1) is 0 Å². The molecule has 1 heteroatoms. The number of ketones is 1. The van der Waals surface area contributed by atoms with E-state index in [9.17, 15) is 4.79 Å². The van der Waals surface area contributed by atoms with Crippen LogP contribution in [-0.4, -0.2) is 5.78 Å². The zero-order valence-electron chi connectivity index (χ0n) is 11.9. The Morgan fingerprint density at radius 1 is 0.810 bits per heavy atom. The second kappa shape index (κ2) is 5.00. The number of allylic oxidation sites excluding steroid dienone is 2. The third-order valence-corrected chi connectivity index (χ3v) is 5.00. The molecule has 2 aliphatic carbocycles. The first-order chi connectivity index (χ1) is 10.3. The molecular weight excluding hydrogens is 256 g/mol. The summed E-state index contributed by atoms with van der Waals surface area (Å²) in [6.07, 6.45) is 5.70. The SMILES string of the molecule is O=C(c1ccccc1)[C@H]1[C@@H](c2ccccc2)[C@H]2C=C[C@H]1C2. The summed E-state index contributed by atoms with van der Waals surface area (Å²) in [7, 11) is 0. The summed E-state index contributed by atoms with van der Waals surface area (Å²) in [6, 6.07) is 20.3. The summed E-state index contributed by atoms with van der Waals surface area (Å²) in [6.45, 7) is 0. The topological polar surface area (TPSA) is 17.1 Å². The second-order valence-electron chi connectivity index (χ2n) is 6.14. The van der Waals surface area contributed by atoms with Gasteiger partial charge in [0.15, 0.2) is 5.78 Å². The van der Waals surface area contributed by atoms with Crippen LogP contribution in [-0.2, 0) is 0 Å². The average molecular weight is 274 g/mol. The first-order valence-corrected chi connectivity index (χ1v) is 7.67. The van der Waals surface area contributed by atoms with Crippen molar-refractivity contribution < 1.29 is 4.79 Å². The Hall–Kier alpha value is -2.15. The van der Waals surface area contributed by atoms with Gasteiger partial charge in [-0.25, -0.2) is 0 Å². The molecule has 0 amide bonds. The molecule has 4 atom stereocenters. The van der Waals surface area contributed by atoms with Crippen LogP contribution in [0.4, 0.5) is 0 Å². The first-order valence-electron chi connectivity index (χ1n) is 7.67. The Labute approximate surface area is 125 Å². The molecule has 2 aromatic carbocycles. The molecule has 0 aromatic heterocycles. The molecule has 1 fully saturated rings. The summed E-state index contributed by atoms with van der Waals surface area (Å²) < 4.78 is 0. The number of benzene rings is 2. The zero-order chi connectivity index (χ0) is 14.2. The Balaban J connectivity index is 1.73. The second-order valence-corrected chi connectivity index (χ2v) is 6.14. The monoisotopic (exact) mass is 274 g/mol. The van der Waals surface area contributed by atoms with Gasteiger partial charge in [-0.05, 0) is 23.8 Å². The summed E-state index contributed by atoms with van der Waals surface area (Å²) in [5.74, 6) is 1.68. The molecule has 1 nitrogen and oxygen atoms in total. The standard InChI is InChI=1S/C20H18O/c21-20(15-9-5-2-6-10-15)19-17-12-11-16(13-17)18(19)14-7-3-1-4-8-14/h1-12,16-19H,13H2/t16-,17-,18-,19+/m0/s1. The highest BCUT2D eigenvalue weighted by Crippen LogP contribution is 2.53. The highest BCUT2D eigenvalue weighted by molar-refractivity contribution is 5.99. The molecule has 0 N–H and O–H groups in total. The quantitative estimate of drug-likeness (QED) is 0.596. The van der Waals surface area contributed by atoms with Crippen molar-refractivity contribution in [1.82, 2.24) is 0 Å². The third kappa shape index (κ3) is 2.04. The number of carbonyl (C=O) groups excluding carboxylic acids is 1. The Morgan fingerprint density at radius 3 is 2.14 bits per heavy atom. The van der Waals surface area contributed by atoms with Crippen LogP contribution < -0.4 is 0 Å². The smallest absolute Gasteiger partial charge is 0.167 e. The van der Waals surface area contributed by atoms with E-state index in [0.29, 0.717) is 23.5 Å². The van der Waals surface area contributed by atoms with Crippen LogP contribution in [0.15, 0.2) is 72.8 Å². The summed E-state index contributed by atoms with van der Waals surface area (Å²) in [4.78, 5) is 13.0. The minimum absolute atomic E-state index is 0.102. The summed E-state index contributed by atoms with van der Waals surface area (Å²) in [5.41, 5.74) is 2.16. The Bertz CT molecular complexity index is 671. The van der Waals surface area contributed by atoms with E-state index in [0.717, 1.165) is 12.0 Å². The first kappa shape index (κ1) is 12.6. The summed E-state index contributed by atoms with van der Waals surface area (Å²) >= 11 is 0. The van der Waals surface area contributed by atoms with Crippen molar-refractivity contribution in [3.8, 4) is 0 Å². The normalized spacial score (nSPS) is 29.7. The molecule has 1 saturated carbocycles. The largest absolute Gasteiger partial charge is 0.294 e. The van der Waals surface area contributed by atoms with Crippen LogP contribution in [0.1, 0.15) is 28.3 Å². The van der Waals surface area contributed by atoms with E-state index < -0.39 is 0 Å². The van der Waals surface area contributed by atoms with Gasteiger partial charge in [0.25, 0.3) is 0 Å². The Morgan fingerprint density at radius 2 is 1.43 bits per heavy atom. The number of carbonyl (C=O) groups is 1. The van der Waals surface area contributed by atoms with Crippen molar-refractivity contribution in [2.45, 2.75) is 12.3 Å². The van der Waals surface area contributed by atoms with Crippen LogP contribution in [0, 0.1) is 17.8 Å². The number of fused-ring (bicyclic) bond motifs is 2. The molecule has 2 bridgehead atoms. The maximum atomic E-state index is 13.0. The van der Waals surface area contributed by atoms with Gasteiger partial charge < -0.3 is 0 Å². The predicted octanol–water partition coefficient (Wildman–Crippen LogP) is 4.48. The molecule has 0 spiro atoms. The van der Waals surface area contributed by atoms with Gasteiger partial charge in [0.1, 0.15) is 0 Å². The fraction of sp³-hybridized carbons (Fsp3) is 0.250. The number of hydrogen-bond acceptors (Lipinski definition) is 1. The van der Waals surface area contributed by atoms with E-state index in [1.165, 1.54) is 5.56 Å². The minimum Gasteiger partial charge on any atom is -0.294 e. The van der Waals surface area contributed by atoms with Gasteiger partial charge in [0.2, 0.25) is 0 Å². The lowest BCUT2D eigenvalue weighted by Gasteiger charge is -2.27. The number of Topliss-reactive ketones (excluding diaryl/α,β-unsaturated/α-hetero) is 1. The van der Waals surface area contributed by atoms with Crippen LogP contribution in [0.2, 0.25) is 0 Å². The fourth-order valence-corrected chi connectivity index (χ4v) is 4.10. The number of rotatable bonds is 3. The molecule has 0 heterocycles. The molecule has 0 radical (unpaired) electrons. The van der Waals surface area contributed by atoms with Gasteiger partial charge in [-0.15, -0.1) is 0 Å². The highest BCUT2D eigenvalue weighted by atomic mass is 16.1.